The number of nitrogens with one attached hydrogen (secondary N) is 2. The van der Waals surface area contributed by atoms with Gasteiger partial charge < -0.3 is 19.9 Å². The first-order valence-corrected chi connectivity index (χ1v) is 9.35. The van der Waals surface area contributed by atoms with Crippen LogP contribution in [0.25, 0.3) is 10.9 Å². The second-order valence-corrected chi connectivity index (χ2v) is 6.52. The Morgan fingerprint density at radius 1 is 1.00 bits per heavy atom. The van der Waals surface area contributed by atoms with Gasteiger partial charge in [0.05, 0.1) is 6.61 Å². The Labute approximate surface area is 161 Å². The monoisotopic (exact) mass is 364 g/mol. The lowest BCUT2D eigenvalue weighted by molar-refractivity contribution is 0.185. The third kappa shape index (κ3) is 5.34. The molecular weight excluding hydrogens is 336 g/mol. The topological polar surface area (TPSA) is 50.6 Å². The van der Waals surface area contributed by atoms with E-state index in [1.165, 1.54) is 22.0 Å². The van der Waals surface area contributed by atoms with Gasteiger partial charge in [-0.1, -0.05) is 42.5 Å². The number of nitrogens with zero attached hydrogens (tertiary/aromatic N) is 2. The highest BCUT2D eigenvalue weighted by Gasteiger charge is 2.01. The van der Waals surface area contributed by atoms with Gasteiger partial charge in [0.1, 0.15) is 0 Å². The summed E-state index contributed by atoms with van der Waals surface area (Å²) < 4.78 is 7.44. The van der Waals surface area contributed by atoms with Gasteiger partial charge >= 0.3 is 0 Å². The Morgan fingerprint density at radius 3 is 2.56 bits per heavy atom. The minimum Gasteiger partial charge on any atom is -0.380 e. The molecule has 142 valence electrons. The third-order valence-corrected chi connectivity index (χ3v) is 4.57. The average Bonchev–Trinajstić information content (AvgIpc) is 3.12. The lowest BCUT2D eigenvalue weighted by Crippen LogP contribution is -2.37. The molecule has 27 heavy (non-hydrogen) atoms. The van der Waals surface area contributed by atoms with Gasteiger partial charge in [0.15, 0.2) is 5.96 Å². The van der Waals surface area contributed by atoms with E-state index in [0.717, 1.165) is 32.0 Å². The molecule has 5 nitrogen and oxygen atoms in total. The molecule has 0 fully saturated rings. The Morgan fingerprint density at radius 2 is 1.78 bits per heavy atom. The fourth-order valence-electron chi connectivity index (χ4n) is 3.12. The van der Waals surface area contributed by atoms with E-state index in [0.29, 0.717) is 6.61 Å². The van der Waals surface area contributed by atoms with Crippen LogP contribution in [0.15, 0.2) is 65.8 Å². The molecule has 2 N–H and O–H groups in total. The summed E-state index contributed by atoms with van der Waals surface area (Å²) in [6.45, 7) is 3.25. The minimum absolute atomic E-state index is 0.646. The van der Waals surface area contributed by atoms with E-state index < -0.39 is 0 Å². The van der Waals surface area contributed by atoms with Gasteiger partial charge in [-0.15, -0.1) is 0 Å². The van der Waals surface area contributed by atoms with E-state index in [1.807, 2.05) is 0 Å². The fourth-order valence-corrected chi connectivity index (χ4v) is 3.12. The molecule has 0 saturated carbocycles. The second kappa shape index (κ2) is 9.78. The molecule has 3 rings (SSSR count). The highest BCUT2D eigenvalue weighted by Crippen LogP contribution is 2.15. The summed E-state index contributed by atoms with van der Waals surface area (Å²) >= 11 is 0. The molecule has 0 amide bonds. The quantitative estimate of drug-likeness (QED) is 0.365. The predicted octanol–water partition coefficient (Wildman–Crippen LogP) is 3.54. The first kappa shape index (κ1) is 19.0. The number of guanidine groups is 1. The van der Waals surface area contributed by atoms with E-state index >= 15 is 0 Å². The molecule has 0 radical (unpaired) electrons. The normalized spacial score (nSPS) is 11.7. The van der Waals surface area contributed by atoms with Crippen molar-refractivity contribution in [1.29, 1.82) is 0 Å². The molecule has 5 heteroatoms. The Balaban J connectivity index is 1.41. The van der Waals surface area contributed by atoms with E-state index in [1.54, 1.807) is 14.2 Å². The van der Waals surface area contributed by atoms with Crippen LogP contribution in [-0.4, -0.2) is 31.2 Å². The van der Waals surface area contributed by atoms with E-state index in [-0.39, 0.29) is 0 Å². The van der Waals surface area contributed by atoms with Crippen LogP contribution in [0.4, 0.5) is 0 Å². The maximum Gasteiger partial charge on any atom is 0.191 e. The van der Waals surface area contributed by atoms with Crippen LogP contribution < -0.4 is 10.6 Å². The fraction of sp³-hybridized carbons (Fsp3) is 0.318. The van der Waals surface area contributed by atoms with Crippen LogP contribution in [0.5, 0.6) is 0 Å². The molecule has 0 saturated heterocycles. The SMILES string of the molecule is CN=C(NCCCn1ccc2ccccc21)NCc1ccc(COC)cc1. The van der Waals surface area contributed by atoms with Crippen LogP contribution in [0.3, 0.4) is 0 Å². The van der Waals surface area contributed by atoms with Crippen molar-refractivity contribution in [2.75, 3.05) is 20.7 Å². The molecule has 0 aliphatic rings. The molecule has 0 atom stereocenters. The number of aliphatic imine (C=N–C) groups is 1. The van der Waals surface area contributed by atoms with E-state index in [9.17, 15) is 0 Å². The zero-order chi connectivity index (χ0) is 18.9. The molecule has 1 heterocycles. The molecule has 0 aliphatic carbocycles. The largest absolute Gasteiger partial charge is 0.380 e. The number of aryl methyl sites for hydroxylation is 1. The van der Waals surface area contributed by atoms with Crippen LogP contribution in [0, 0.1) is 0 Å². The van der Waals surface area contributed by atoms with Gasteiger partial charge in [-0.25, -0.2) is 0 Å². The maximum absolute atomic E-state index is 5.14. The van der Waals surface area contributed by atoms with Crippen LogP contribution in [0.1, 0.15) is 17.5 Å². The van der Waals surface area contributed by atoms with Gasteiger partial charge in [0.2, 0.25) is 0 Å². The summed E-state index contributed by atoms with van der Waals surface area (Å²) in [6.07, 6.45) is 3.19. The molecule has 0 unspecified atom stereocenters. The van der Waals surface area contributed by atoms with Crippen molar-refractivity contribution in [2.45, 2.75) is 26.1 Å². The van der Waals surface area contributed by atoms with Crippen molar-refractivity contribution in [2.24, 2.45) is 4.99 Å². The number of benzene rings is 2. The van der Waals surface area contributed by atoms with Crippen molar-refractivity contribution in [3.8, 4) is 0 Å². The highest BCUT2D eigenvalue weighted by molar-refractivity contribution is 5.80. The van der Waals surface area contributed by atoms with Gasteiger partial charge in [-0.3, -0.25) is 4.99 Å². The van der Waals surface area contributed by atoms with Gasteiger partial charge in [0.25, 0.3) is 0 Å². The Bertz CT molecular complexity index is 867. The first-order valence-electron chi connectivity index (χ1n) is 9.35. The molecule has 0 aliphatic heterocycles. The molecule has 0 spiro atoms. The summed E-state index contributed by atoms with van der Waals surface area (Å²) in [5.41, 5.74) is 3.69. The smallest absolute Gasteiger partial charge is 0.191 e. The lowest BCUT2D eigenvalue weighted by Gasteiger charge is -2.13. The summed E-state index contributed by atoms with van der Waals surface area (Å²) in [4.78, 5) is 4.30. The number of rotatable bonds is 8. The van der Waals surface area contributed by atoms with Crippen LogP contribution in [0.2, 0.25) is 0 Å². The average molecular weight is 364 g/mol. The number of ether oxygens (including phenoxy) is 1. The number of fused-ring (bicyclic) bond motifs is 1. The maximum atomic E-state index is 5.14. The van der Waals surface area contributed by atoms with Gasteiger partial charge in [-0.2, -0.15) is 0 Å². The molecule has 1 aromatic heterocycles. The van der Waals surface area contributed by atoms with Gasteiger partial charge in [0, 0.05) is 45.5 Å². The lowest BCUT2D eigenvalue weighted by atomic mass is 10.1. The zero-order valence-corrected chi connectivity index (χ0v) is 16.1. The van der Waals surface area contributed by atoms with Gasteiger partial charge in [-0.05, 0) is 35.1 Å². The van der Waals surface area contributed by atoms with E-state index in [4.69, 9.17) is 4.74 Å². The summed E-state index contributed by atoms with van der Waals surface area (Å²) in [5, 5.41) is 8.04. The van der Waals surface area contributed by atoms with E-state index in [2.05, 4.69) is 81.0 Å². The van der Waals surface area contributed by atoms with Crippen LogP contribution in [-0.2, 0) is 24.4 Å². The minimum atomic E-state index is 0.646. The highest BCUT2D eigenvalue weighted by atomic mass is 16.5. The number of hydrogen-bond donors (Lipinski definition) is 2. The number of aromatic nitrogens is 1. The number of methoxy groups -OCH3 is 1. The molecule has 2 aromatic carbocycles. The van der Waals surface area contributed by atoms with Crippen LogP contribution >= 0.6 is 0 Å². The third-order valence-electron chi connectivity index (χ3n) is 4.57. The molecular formula is C22H28N4O. The predicted molar refractivity (Wildman–Crippen MR) is 112 cm³/mol. The van der Waals surface area contributed by atoms with Crippen molar-refractivity contribution in [1.82, 2.24) is 15.2 Å². The standard InChI is InChI=1S/C22H28N4O/c1-23-22(25-16-18-8-10-19(11-9-18)17-27-2)24-13-5-14-26-15-12-20-6-3-4-7-21(20)26/h3-4,6-12,15H,5,13-14,16-17H2,1-2H3,(H2,23,24,25). The first-order chi connectivity index (χ1) is 13.3. The molecule has 3 aromatic rings. The Kier molecular flexibility index (Phi) is 6.88. The molecule has 0 bridgehead atoms. The number of para-hydroxylation sites is 1. The van der Waals surface area contributed by atoms with Crippen molar-refractivity contribution >= 4 is 16.9 Å². The summed E-state index contributed by atoms with van der Waals surface area (Å²) in [7, 11) is 3.51. The van der Waals surface area contributed by atoms with Crippen molar-refractivity contribution in [3.63, 3.8) is 0 Å². The number of hydrogen-bond acceptors (Lipinski definition) is 2. The summed E-state index contributed by atoms with van der Waals surface area (Å²) in [5.74, 6) is 0.827. The van der Waals surface area contributed by atoms with Crippen molar-refractivity contribution in [3.05, 3.63) is 71.9 Å². The summed E-state index contributed by atoms with van der Waals surface area (Å²) in [6, 6.07) is 19.1. The second-order valence-electron chi connectivity index (χ2n) is 6.52. The van der Waals surface area contributed by atoms with Crippen molar-refractivity contribution < 1.29 is 4.74 Å². The zero-order valence-electron chi connectivity index (χ0n) is 16.1. The Hall–Kier alpha value is -2.79.